The van der Waals surface area contributed by atoms with Gasteiger partial charge in [0.1, 0.15) is 5.75 Å². The van der Waals surface area contributed by atoms with Crippen molar-refractivity contribution in [2.75, 3.05) is 14.2 Å². The summed E-state index contributed by atoms with van der Waals surface area (Å²) in [7, 11) is 5.51. The normalized spacial score (nSPS) is 12.4. The Morgan fingerprint density at radius 1 is 1.39 bits per heavy atom. The predicted molar refractivity (Wildman–Crippen MR) is 74.8 cm³/mol. The molecule has 0 aliphatic carbocycles. The molecule has 0 bridgehead atoms. The second-order valence-corrected chi connectivity index (χ2v) is 4.88. The number of ether oxygens (including phenoxy) is 1. The van der Waals surface area contributed by atoms with Crippen molar-refractivity contribution < 1.29 is 4.74 Å². The van der Waals surface area contributed by atoms with Crippen LogP contribution in [0.4, 0.5) is 0 Å². The van der Waals surface area contributed by atoms with Gasteiger partial charge in [-0.1, -0.05) is 6.07 Å². The molecule has 1 unspecified atom stereocenters. The number of nitrogens with zero attached hydrogens (tertiary/aromatic N) is 2. The predicted octanol–water partition coefficient (Wildman–Crippen LogP) is 2.50. The number of aryl methyl sites for hydroxylation is 1. The molecule has 2 aromatic rings. The zero-order valence-electron chi connectivity index (χ0n) is 10.6. The van der Waals surface area contributed by atoms with Crippen LogP contribution in [0.1, 0.15) is 17.3 Å². The van der Waals surface area contributed by atoms with Gasteiger partial charge in [0.2, 0.25) is 0 Å². The molecule has 0 saturated heterocycles. The lowest BCUT2D eigenvalue weighted by Crippen LogP contribution is -2.18. The zero-order chi connectivity index (χ0) is 13.1. The van der Waals surface area contributed by atoms with Crippen LogP contribution in [0.3, 0.4) is 0 Å². The van der Waals surface area contributed by atoms with Crippen molar-refractivity contribution in [3.05, 3.63) is 46.2 Å². The van der Waals surface area contributed by atoms with Crippen molar-refractivity contribution in [3.63, 3.8) is 0 Å². The minimum Gasteiger partial charge on any atom is -0.496 e. The van der Waals surface area contributed by atoms with Gasteiger partial charge in [0.15, 0.2) is 0 Å². The summed E-state index contributed by atoms with van der Waals surface area (Å²) in [4.78, 5) is 0. The van der Waals surface area contributed by atoms with Crippen molar-refractivity contribution in [1.29, 1.82) is 0 Å². The van der Waals surface area contributed by atoms with Crippen molar-refractivity contribution in [2.45, 2.75) is 6.04 Å². The summed E-state index contributed by atoms with van der Waals surface area (Å²) >= 11 is 3.50. The monoisotopic (exact) mass is 309 g/mol. The van der Waals surface area contributed by atoms with Gasteiger partial charge in [-0.3, -0.25) is 4.68 Å². The van der Waals surface area contributed by atoms with Gasteiger partial charge >= 0.3 is 0 Å². The fraction of sp³-hybridized carbons (Fsp3) is 0.308. The highest BCUT2D eigenvalue weighted by Crippen LogP contribution is 2.29. The summed E-state index contributed by atoms with van der Waals surface area (Å²) in [5.74, 6) is 0.828. The molecule has 1 aromatic carbocycles. The Bertz CT molecular complexity index is 539. The molecule has 0 aliphatic heterocycles. The van der Waals surface area contributed by atoms with Gasteiger partial charge in [-0.05, 0) is 46.7 Å². The SMILES string of the molecule is CNC(c1ccc(OC)c(Br)c1)c1ccn(C)n1. The molecule has 0 radical (unpaired) electrons. The fourth-order valence-corrected chi connectivity index (χ4v) is 2.49. The molecule has 96 valence electrons. The highest BCUT2D eigenvalue weighted by Gasteiger charge is 2.15. The number of nitrogens with one attached hydrogen (secondary N) is 1. The minimum atomic E-state index is 0.0772. The van der Waals surface area contributed by atoms with E-state index in [2.05, 4.69) is 32.4 Å². The molecule has 1 N–H and O–H groups in total. The van der Waals surface area contributed by atoms with Crippen molar-refractivity contribution >= 4 is 15.9 Å². The molecular formula is C13H16BrN3O. The summed E-state index contributed by atoms with van der Waals surface area (Å²) in [5, 5.41) is 7.71. The van der Waals surface area contributed by atoms with Crippen LogP contribution in [0, 0.1) is 0 Å². The molecule has 18 heavy (non-hydrogen) atoms. The van der Waals surface area contributed by atoms with Crippen molar-refractivity contribution in [2.24, 2.45) is 7.05 Å². The lowest BCUT2D eigenvalue weighted by molar-refractivity contribution is 0.412. The maximum Gasteiger partial charge on any atom is 0.133 e. The van der Waals surface area contributed by atoms with E-state index in [4.69, 9.17) is 4.74 Å². The van der Waals surface area contributed by atoms with E-state index in [1.54, 1.807) is 11.8 Å². The van der Waals surface area contributed by atoms with Gasteiger partial charge in [0.25, 0.3) is 0 Å². The van der Waals surface area contributed by atoms with E-state index in [0.717, 1.165) is 21.5 Å². The van der Waals surface area contributed by atoms with E-state index in [1.807, 2.05) is 38.5 Å². The first kappa shape index (κ1) is 13.1. The Balaban J connectivity index is 2.36. The number of rotatable bonds is 4. The third-order valence-electron chi connectivity index (χ3n) is 2.83. The molecule has 0 aliphatic rings. The number of halogens is 1. The number of hydrogen-bond acceptors (Lipinski definition) is 3. The Morgan fingerprint density at radius 2 is 2.17 bits per heavy atom. The quantitative estimate of drug-likeness (QED) is 0.943. The van der Waals surface area contributed by atoms with E-state index in [0.29, 0.717) is 0 Å². The van der Waals surface area contributed by atoms with Crippen LogP contribution in [0.2, 0.25) is 0 Å². The third kappa shape index (κ3) is 2.57. The van der Waals surface area contributed by atoms with Crippen LogP contribution in [-0.4, -0.2) is 23.9 Å². The van der Waals surface area contributed by atoms with Crippen LogP contribution in [-0.2, 0) is 7.05 Å². The lowest BCUT2D eigenvalue weighted by atomic mass is 10.0. The largest absolute Gasteiger partial charge is 0.496 e. The van der Waals surface area contributed by atoms with Gasteiger partial charge in [0.05, 0.1) is 23.3 Å². The van der Waals surface area contributed by atoms with Crippen LogP contribution in [0.15, 0.2) is 34.9 Å². The summed E-state index contributed by atoms with van der Waals surface area (Å²) < 4.78 is 7.98. The molecule has 1 atom stereocenters. The first-order valence-electron chi connectivity index (χ1n) is 5.66. The number of hydrogen-bond donors (Lipinski definition) is 1. The van der Waals surface area contributed by atoms with E-state index in [9.17, 15) is 0 Å². The molecule has 0 amide bonds. The molecule has 1 heterocycles. The second kappa shape index (κ2) is 5.54. The summed E-state index contributed by atoms with van der Waals surface area (Å²) in [5.41, 5.74) is 2.14. The van der Waals surface area contributed by atoms with Crippen LogP contribution in [0.5, 0.6) is 5.75 Å². The third-order valence-corrected chi connectivity index (χ3v) is 3.45. The Morgan fingerprint density at radius 3 is 2.67 bits per heavy atom. The molecule has 5 heteroatoms. The fourth-order valence-electron chi connectivity index (χ4n) is 1.93. The highest BCUT2D eigenvalue weighted by molar-refractivity contribution is 9.10. The smallest absolute Gasteiger partial charge is 0.133 e. The summed E-state index contributed by atoms with van der Waals surface area (Å²) in [6, 6.07) is 8.13. The molecule has 4 nitrogen and oxygen atoms in total. The highest BCUT2D eigenvalue weighted by atomic mass is 79.9. The van der Waals surface area contributed by atoms with E-state index in [1.165, 1.54) is 0 Å². The van der Waals surface area contributed by atoms with E-state index >= 15 is 0 Å². The standard InChI is InChI=1S/C13H16BrN3O/c1-15-13(11-6-7-17(2)16-11)9-4-5-12(18-3)10(14)8-9/h4-8,13,15H,1-3H3. The molecule has 0 fully saturated rings. The Kier molecular flexibility index (Phi) is 4.04. The number of aromatic nitrogens is 2. The topological polar surface area (TPSA) is 39.1 Å². The second-order valence-electron chi connectivity index (χ2n) is 4.03. The Hall–Kier alpha value is -1.33. The number of benzene rings is 1. The van der Waals surface area contributed by atoms with Crippen molar-refractivity contribution in [3.8, 4) is 5.75 Å². The average Bonchev–Trinajstić information content (AvgIpc) is 2.77. The maximum atomic E-state index is 5.24. The molecule has 1 aromatic heterocycles. The molecule has 0 saturated carbocycles. The average molecular weight is 310 g/mol. The maximum absolute atomic E-state index is 5.24. The van der Waals surface area contributed by atoms with Gasteiger partial charge in [-0.2, -0.15) is 5.10 Å². The van der Waals surface area contributed by atoms with Gasteiger partial charge in [-0.15, -0.1) is 0 Å². The number of methoxy groups -OCH3 is 1. The van der Waals surface area contributed by atoms with Crippen molar-refractivity contribution in [1.82, 2.24) is 15.1 Å². The molecule has 2 rings (SSSR count). The molecule has 0 spiro atoms. The van der Waals surface area contributed by atoms with Crippen LogP contribution < -0.4 is 10.1 Å². The van der Waals surface area contributed by atoms with Crippen LogP contribution in [0.25, 0.3) is 0 Å². The molecular weight excluding hydrogens is 294 g/mol. The van der Waals surface area contributed by atoms with Gasteiger partial charge < -0.3 is 10.1 Å². The lowest BCUT2D eigenvalue weighted by Gasteiger charge is -2.15. The van der Waals surface area contributed by atoms with Gasteiger partial charge in [-0.25, -0.2) is 0 Å². The summed E-state index contributed by atoms with van der Waals surface area (Å²) in [6.07, 6.45) is 1.94. The van der Waals surface area contributed by atoms with Gasteiger partial charge in [0, 0.05) is 13.2 Å². The van der Waals surface area contributed by atoms with E-state index in [-0.39, 0.29) is 6.04 Å². The first-order chi connectivity index (χ1) is 8.65. The van der Waals surface area contributed by atoms with E-state index < -0.39 is 0 Å². The minimum absolute atomic E-state index is 0.0772. The first-order valence-corrected chi connectivity index (χ1v) is 6.45. The summed E-state index contributed by atoms with van der Waals surface area (Å²) in [6.45, 7) is 0. The van der Waals surface area contributed by atoms with Crippen LogP contribution >= 0.6 is 15.9 Å². The zero-order valence-corrected chi connectivity index (χ0v) is 12.2. The Labute approximate surface area is 115 Å².